The number of hydrogen-bond donors (Lipinski definition) is 2. The van der Waals surface area contributed by atoms with Gasteiger partial charge in [0.25, 0.3) is 10.0 Å². The highest BCUT2D eigenvalue weighted by atomic mass is 32.2. The lowest BCUT2D eigenvalue weighted by atomic mass is 9.79. The summed E-state index contributed by atoms with van der Waals surface area (Å²) in [6, 6.07) is 34.7. The number of cyclic esters (lactones) is 1. The van der Waals surface area contributed by atoms with Crippen molar-refractivity contribution in [3.63, 3.8) is 0 Å². The molecule has 1 aliphatic rings. The quantitative estimate of drug-likeness (QED) is 0.139. The van der Waals surface area contributed by atoms with Gasteiger partial charge in [0.15, 0.2) is 0 Å². The van der Waals surface area contributed by atoms with Gasteiger partial charge in [-0.1, -0.05) is 97.9 Å². The van der Waals surface area contributed by atoms with E-state index in [4.69, 9.17) is 4.74 Å². The van der Waals surface area contributed by atoms with Gasteiger partial charge in [0.05, 0.1) is 22.3 Å². The number of rotatable bonds is 12. The van der Waals surface area contributed by atoms with Crippen LogP contribution in [0.3, 0.4) is 0 Å². The van der Waals surface area contributed by atoms with E-state index in [-0.39, 0.29) is 22.9 Å². The molecular formula is C38H39N3O5S. The number of aliphatic hydroxyl groups excluding tert-OH is 1. The Hall–Kier alpha value is -4.73. The third-order valence-electron chi connectivity index (χ3n) is 9.10. The van der Waals surface area contributed by atoms with Gasteiger partial charge in [-0.25, -0.2) is 22.9 Å². The predicted molar refractivity (Wildman–Crippen MR) is 183 cm³/mol. The second-order valence-electron chi connectivity index (χ2n) is 12.0. The Balaban J connectivity index is 1.41. The number of aromatic nitrogens is 2. The van der Waals surface area contributed by atoms with Crippen LogP contribution in [-0.2, 0) is 32.4 Å². The highest BCUT2D eigenvalue weighted by molar-refractivity contribution is 7.89. The number of imidazole rings is 1. The molecule has 9 heteroatoms. The van der Waals surface area contributed by atoms with Gasteiger partial charge < -0.3 is 9.84 Å². The zero-order valence-corrected chi connectivity index (χ0v) is 27.4. The number of sulfonamides is 1. The lowest BCUT2D eigenvalue weighted by molar-refractivity contribution is -0.161. The Morgan fingerprint density at radius 1 is 0.872 bits per heavy atom. The van der Waals surface area contributed by atoms with Crippen LogP contribution >= 0.6 is 0 Å². The summed E-state index contributed by atoms with van der Waals surface area (Å²) in [4.78, 5) is 18.6. The zero-order chi connectivity index (χ0) is 33.0. The van der Waals surface area contributed by atoms with E-state index in [0.717, 1.165) is 11.1 Å². The molecule has 2 N–H and O–H groups in total. The van der Waals surface area contributed by atoms with Gasteiger partial charge in [-0.15, -0.1) is 0 Å². The molecule has 242 valence electrons. The standard InChI is InChI=1S/C38H39N3O5S/c1-3-29(30-18-10-12-20-32(30)41-33-21-13-11-19-31(33)40-37(41)47(44,45)39-2)35-34(42)26-38(46-36(35)43,24-22-27-14-6-4-7-15-27)25-23-28-16-8-5-9-17-28/h4-21,29,39,42H,3,22-26H2,1-2H3. The molecule has 0 radical (unpaired) electrons. The third-order valence-corrected chi connectivity index (χ3v) is 10.4. The Morgan fingerprint density at radius 3 is 2.04 bits per heavy atom. The van der Waals surface area contributed by atoms with Gasteiger partial charge in [0.1, 0.15) is 11.4 Å². The van der Waals surface area contributed by atoms with Crippen molar-refractivity contribution >= 4 is 27.0 Å². The number of ether oxygens (including phenoxy) is 1. The third kappa shape index (κ3) is 6.59. The molecule has 1 atom stereocenters. The molecule has 0 bridgehead atoms. The molecule has 1 aliphatic heterocycles. The maximum atomic E-state index is 14.1. The fraction of sp³-hybridized carbons (Fsp3) is 0.263. The Bertz CT molecular complexity index is 1980. The van der Waals surface area contributed by atoms with Gasteiger partial charge >= 0.3 is 5.97 Å². The number of fused-ring (bicyclic) bond motifs is 1. The van der Waals surface area contributed by atoms with Crippen LogP contribution in [-0.4, -0.2) is 41.7 Å². The molecule has 0 aliphatic carbocycles. The van der Waals surface area contributed by atoms with Gasteiger partial charge in [-0.2, -0.15) is 0 Å². The number of benzene rings is 4. The number of para-hydroxylation sites is 3. The summed E-state index contributed by atoms with van der Waals surface area (Å²) >= 11 is 0. The molecule has 0 amide bonds. The smallest absolute Gasteiger partial charge is 0.338 e. The number of aryl methyl sites for hydroxylation is 2. The highest BCUT2D eigenvalue weighted by Crippen LogP contribution is 2.43. The molecule has 0 fully saturated rings. The van der Waals surface area contributed by atoms with E-state index in [9.17, 15) is 18.3 Å². The minimum absolute atomic E-state index is 0.0163. The fourth-order valence-corrected chi connectivity index (χ4v) is 7.50. The van der Waals surface area contributed by atoms with Gasteiger partial charge in [-0.3, -0.25) is 4.57 Å². The van der Waals surface area contributed by atoms with E-state index in [0.29, 0.717) is 54.4 Å². The second kappa shape index (κ2) is 13.6. The lowest BCUT2D eigenvalue weighted by Gasteiger charge is -2.39. The van der Waals surface area contributed by atoms with E-state index in [1.54, 1.807) is 16.7 Å². The average molecular weight is 650 g/mol. The molecule has 47 heavy (non-hydrogen) atoms. The van der Waals surface area contributed by atoms with Crippen molar-refractivity contribution in [2.24, 2.45) is 0 Å². The summed E-state index contributed by atoms with van der Waals surface area (Å²) in [5.74, 6) is -1.09. The van der Waals surface area contributed by atoms with E-state index in [1.807, 2.05) is 79.7 Å². The van der Waals surface area contributed by atoms with Crippen LogP contribution in [0.25, 0.3) is 16.7 Å². The summed E-state index contributed by atoms with van der Waals surface area (Å²) in [6.45, 7) is 1.94. The lowest BCUT2D eigenvalue weighted by Crippen LogP contribution is -2.42. The van der Waals surface area contributed by atoms with Gasteiger partial charge in [-0.05, 0) is 74.0 Å². The van der Waals surface area contributed by atoms with Crippen molar-refractivity contribution < 1.29 is 23.1 Å². The molecule has 4 aromatic carbocycles. The van der Waals surface area contributed by atoms with Crippen LogP contribution in [0.5, 0.6) is 0 Å². The number of aliphatic hydroxyl groups is 1. The first-order valence-electron chi connectivity index (χ1n) is 16.0. The molecule has 1 aromatic heterocycles. The van der Waals surface area contributed by atoms with Crippen LogP contribution in [0.2, 0.25) is 0 Å². The van der Waals surface area contributed by atoms with Gasteiger partial charge in [0.2, 0.25) is 5.16 Å². The first-order chi connectivity index (χ1) is 22.7. The number of nitrogens with zero attached hydrogens (tertiary/aromatic N) is 2. The number of hydrogen-bond acceptors (Lipinski definition) is 6. The van der Waals surface area contributed by atoms with Crippen molar-refractivity contribution in [1.82, 2.24) is 14.3 Å². The minimum Gasteiger partial charge on any atom is -0.512 e. The largest absolute Gasteiger partial charge is 0.512 e. The first kappa shape index (κ1) is 32.2. The van der Waals surface area contributed by atoms with Gasteiger partial charge in [0, 0.05) is 12.3 Å². The van der Waals surface area contributed by atoms with Crippen molar-refractivity contribution in [2.45, 2.75) is 62.1 Å². The molecule has 5 aromatic rings. The number of carbonyl (C=O) groups excluding carboxylic acids is 1. The van der Waals surface area contributed by atoms with E-state index >= 15 is 0 Å². The fourth-order valence-electron chi connectivity index (χ4n) is 6.66. The summed E-state index contributed by atoms with van der Waals surface area (Å²) in [7, 11) is -2.61. The Labute approximate surface area is 275 Å². The summed E-state index contributed by atoms with van der Waals surface area (Å²) in [5.41, 5.74) is 3.96. The van der Waals surface area contributed by atoms with Crippen molar-refractivity contribution in [2.75, 3.05) is 7.05 Å². The molecule has 1 unspecified atom stereocenters. The Kier molecular flexibility index (Phi) is 9.29. The predicted octanol–water partition coefficient (Wildman–Crippen LogP) is 7.19. The number of esters is 1. The summed E-state index contributed by atoms with van der Waals surface area (Å²) in [6.07, 6.45) is 3.18. The average Bonchev–Trinajstić information content (AvgIpc) is 3.50. The zero-order valence-electron chi connectivity index (χ0n) is 26.6. The molecule has 0 spiro atoms. The number of carbonyl (C=O) groups is 1. The summed E-state index contributed by atoms with van der Waals surface area (Å²) in [5, 5.41) is 11.6. The topological polar surface area (TPSA) is 111 Å². The molecule has 8 nitrogen and oxygen atoms in total. The second-order valence-corrected chi connectivity index (χ2v) is 13.8. The van der Waals surface area contributed by atoms with Crippen LogP contribution < -0.4 is 4.72 Å². The van der Waals surface area contributed by atoms with Crippen LogP contribution in [0.1, 0.15) is 55.2 Å². The normalized spacial score (nSPS) is 15.5. The molecule has 6 rings (SSSR count). The van der Waals surface area contributed by atoms with Crippen molar-refractivity contribution in [1.29, 1.82) is 0 Å². The molecule has 2 heterocycles. The van der Waals surface area contributed by atoms with Crippen LogP contribution in [0.4, 0.5) is 0 Å². The Morgan fingerprint density at radius 2 is 1.45 bits per heavy atom. The summed E-state index contributed by atoms with van der Waals surface area (Å²) < 4.78 is 36.8. The van der Waals surface area contributed by atoms with E-state index in [1.165, 1.54) is 7.05 Å². The monoisotopic (exact) mass is 649 g/mol. The van der Waals surface area contributed by atoms with E-state index < -0.39 is 27.5 Å². The van der Waals surface area contributed by atoms with E-state index in [2.05, 4.69) is 34.0 Å². The van der Waals surface area contributed by atoms with Crippen LogP contribution in [0, 0.1) is 0 Å². The highest BCUT2D eigenvalue weighted by Gasteiger charge is 2.44. The maximum absolute atomic E-state index is 14.1. The molecule has 0 saturated heterocycles. The van der Waals surface area contributed by atoms with Crippen LogP contribution in [0.15, 0.2) is 126 Å². The minimum atomic E-state index is -3.96. The molecular weight excluding hydrogens is 611 g/mol. The van der Waals surface area contributed by atoms with Crippen molar-refractivity contribution in [3.05, 3.63) is 137 Å². The maximum Gasteiger partial charge on any atom is 0.338 e. The van der Waals surface area contributed by atoms with Crippen molar-refractivity contribution in [3.8, 4) is 5.69 Å². The first-order valence-corrected chi connectivity index (χ1v) is 17.5. The molecule has 0 saturated carbocycles. The number of nitrogens with one attached hydrogen (secondary N) is 1. The SMILES string of the molecule is CCC(C1=C(O)CC(CCc2ccccc2)(CCc2ccccc2)OC1=O)c1ccccc1-n1c(S(=O)(=O)NC)nc2ccccc21.